The monoisotopic (exact) mass is 254 g/mol. The van der Waals surface area contributed by atoms with Crippen molar-refractivity contribution in [3.63, 3.8) is 0 Å². The molecule has 0 saturated carbocycles. The summed E-state index contributed by atoms with van der Waals surface area (Å²) in [4.78, 5) is 18.6. The number of carbonyl (C=O) groups excluding carboxylic acids is 1. The Morgan fingerprint density at radius 1 is 1.56 bits per heavy atom. The van der Waals surface area contributed by atoms with E-state index in [-0.39, 0.29) is 6.09 Å². The Labute approximate surface area is 108 Å². The average Bonchev–Trinajstić information content (AvgIpc) is 2.27. The van der Waals surface area contributed by atoms with E-state index in [4.69, 9.17) is 9.57 Å². The first-order valence-electron chi connectivity index (χ1n) is 6.19. The number of nitrogens with zero attached hydrogens (tertiary/aromatic N) is 2. The summed E-state index contributed by atoms with van der Waals surface area (Å²) in [6.45, 7) is 10.7. The largest absolute Gasteiger partial charge is 0.444 e. The summed E-state index contributed by atoms with van der Waals surface area (Å²) in [6, 6.07) is 0. The van der Waals surface area contributed by atoms with Crippen molar-refractivity contribution >= 4 is 11.8 Å². The van der Waals surface area contributed by atoms with Crippen molar-refractivity contribution in [2.45, 2.75) is 39.2 Å². The smallest absolute Gasteiger partial charge is 0.410 e. The standard InChI is InChI=1S/C13H22N2O3/c1-5-9-17-14-11-7-6-8-15(10-11)12(16)18-13(2,3)4/h5H,1,6-10H2,2-4H3. The van der Waals surface area contributed by atoms with Gasteiger partial charge in [0.05, 0.1) is 12.3 Å². The van der Waals surface area contributed by atoms with Gasteiger partial charge in [-0.2, -0.15) is 0 Å². The van der Waals surface area contributed by atoms with Crippen LogP contribution in [0.3, 0.4) is 0 Å². The van der Waals surface area contributed by atoms with Crippen LogP contribution >= 0.6 is 0 Å². The third-order valence-electron chi connectivity index (χ3n) is 2.30. The fourth-order valence-corrected chi connectivity index (χ4v) is 1.59. The molecule has 18 heavy (non-hydrogen) atoms. The molecule has 0 spiro atoms. The third kappa shape index (κ3) is 5.21. The molecule has 0 atom stereocenters. The highest BCUT2D eigenvalue weighted by molar-refractivity contribution is 5.89. The summed E-state index contributed by atoms with van der Waals surface area (Å²) in [6.07, 6.45) is 3.09. The average molecular weight is 254 g/mol. The zero-order valence-electron chi connectivity index (χ0n) is 11.4. The van der Waals surface area contributed by atoms with Crippen molar-refractivity contribution < 1.29 is 14.4 Å². The van der Waals surface area contributed by atoms with Gasteiger partial charge in [-0.15, -0.1) is 0 Å². The van der Waals surface area contributed by atoms with Crippen LogP contribution in [0.5, 0.6) is 0 Å². The van der Waals surface area contributed by atoms with E-state index in [1.165, 1.54) is 0 Å². The molecule has 0 aliphatic carbocycles. The van der Waals surface area contributed by atoms with Crippen LogP contribution in [0.1, 0.15) is 33.6 Å². The maximum Gasteiger partial charge on any atom is 0.410 e. The van der Waals surface area contributed by atoms with Crippen molar-refractivity contribution in [1.29, 1.82) is 0 Å². The van der Waals surface area contributed by atoms with E-state index in [1.54, 1.807) is 11.0 Å². The van der Waals surface area contributed by atoms with Gasteiger partial charge >= 0.3 is 6.09 Å². The van der Waals surface area contributed by atoms with Crippen LogP contribution in [0.15, 0.2) is 17.8 Å². The molecule has 0 aromatic rings. The molecular weight excluding hydrogens is 232 g/mol. The lowest BCUT2D eigenvalue weighted by atomic mass is 10.1. The molecule has 0 aromatic carbocycles. The summed E-state index contributed by atoms with van der Waals surface area (Å²) in [5.74, 6) is 0. The van der Waals surface area contributed by atoms with Crippen LogP contribution in [0.4, 0.5) is 4.79 Å². The second kappa shape index (κ2) is 6.42. The van der Waals surface area contributed by atoms with E-state index in [0.29, 0.717) is 19.7 Å². The van der Waals surface area contributed by atoms with Gasteiger partial charge in [0, 0.05) is 6.54 Å². The van der Waals surface area contributed by atoms with Crippen LogP contribution in [0.2, 0.25) is 0 Å². The van der Waals surface area contributed by atoms with Crippen LogP contribution < -0.4 is 0 Å². The highest BCUT2D eigenvalue weighted by Gasteiger charge is 2.25. The van der Waals surface area contributed by atoms with Crippen molar-refractivity contribution in [2.75, 3.05) is 19.7 Å². The molecule has 1 aliphatic rings. The lowest BCUT2D eigenvalue weighted by Gasteiger charge is -2.30. The fraction of sp³-hybridized carbons (Fsp3) is 0.692. The van der Waals surface area contributed by atoms with Crippen LogP contribution in [0.25, 0.3) is 0 Å². The minimum atomic E-state index is -0.467. The summed E-state index contributed by atoms with van der Waals surface area (Å²) in [5, 5.41) is 4.00. The number of oxime groups is 1. The Morgan fingerprint density at radius 3 is 2.89 bits per heavy atom. The van der Waals surface area contributed by atoms with Gasteiger partial charge in [0.1, 0.15) is 12.2 Å². The normalized spacial score (nSPS) is 18.6. The second-order valence-corrected chi connectivity index (χ2v) is 5.25. The van der Waals surface area contributed by atoms with Crippen molar-refractivity contribution in [3.8, 4) is 0 Å². The quantitative estimate of drug-likeness (QED) is 0.442. The maximum atomic E-state index is 11.9. The zero-order chi connectivity index (χ0) is 13.6. The molecule has 0 bridgehead atoms. The first kappa shape index (κ1) is 14.5. The number of hydrogen-bond donors (Lipinski definition) is 0. The first-order chi connectivity index (χ1) is 8.42. The Bertz CT molecular complexity index is 332. The Morgan fingerprint density at radius 2 is 2.28 bits per heavy atom. The predicted octanol–water partition coefficient (Wildman–Crippen LogP) is 2.58. The number of ether oxygens (including phenoxy) is 1. The molecule has 1 aliphatic heterocycles. The SMILES string of the molecule is C=CCON=C1CCCN(C(=O)OC(C)(C)C)C1. The Hall–Kier alpha value is -1.52. The van der Waals surface area contributed by atoms with Gasteiger partial charge in [-0.3, -0.25) is 0 Å². The molecule has 0 unspecified atom stereocenters. The van der Waals surface area contributed by atoms with Crippen molar-refractivity contribution in [1.82, 2.24) is 4.90 Å². The highest BCUT2D eigenvalue weighted by atomic mass is 16.6. The van der Waals surface area contributed by atoms with E-state index >= 15 is 0 Å². The maximum absolute atomic E-state index is 11.9. The number of carbonyl (C=O) groups is 1. The van der Waals surface area contributed by atoms with Crippen LogP contribution in [-0.4, -0.2) is 42.0 Å². The predicted molar refractivity (Wildman–Crippen MR) is 70.6 cm³/mol. The minimum absolute atomic E-state index is 0.293. The van der Waals surface area contributed by atoms with Crippen LogP contribution in [0, 0.1) is 0 Å². The summed E-state index contributed by atoms with van der Waals surface area (Å²) in [7, 11) is 0. The first-order valence-corrected chi connectivity index (χ1v) is 6.19. The number of rotatable bonds is 3. The lowest BCUT2D eigenvalue weighted by molar-refractivity contribution is 0.0263. The molecule has 0 N–H and O–H groups in total. The van der Waals surface area contributed by atoms with E-state index in [1.807, 2.05) is 20.8 Å². The molecule has 0 radical (unpaired) electrons. The molecule has 5 heteroatoms. The van der Waals surface area contributed by atoms with Gasteiger partial charge in [-0.25, -0.2) is 4.79 Å². The van der Waals surface area contributed by atoms with Gasteiger partial charge < -0.3 is 14.5 Å². The Balaban J connectivity index is 2.50. The molecular formula is C13H22N2O3. The summed E-state index contributed by atoms with van der Waals surface area (Å²) < 4.78 is 5.33. The second-order valence-electron chi connectivity index (χ2n) is 5.25. The molecule has 0 aromatic heterocycles. The number of piperidine rings is 1. The van der Waals surface area contributed by atoms with Crippen molar-refractivity contribution in [3.05, 3.63) is 12.7 Å². The van der Waals surface area contributed by atoms with Gasteiger partial charge in [-0.05, 0) is 33.6 Å². The summed E-state index contributed by atoms with van der Waals surface area (Å²) in [5.41, 5.74) is 0.402. The molecule has 1 rings (SSSR count). The van der Waals surface area contributed by atoms with Gasteiger partial charge in [0.25, 0.3) is 0 Å². The Kier molecular flexibility index (Phi) is 5.19. The topological polar surface area (TPSA) is 51.1 Å². The summed E-state index contributed by atoms with van der Waals surface area (Å²) >= 11 is 0. The van der Waals surface area contributed by atoms with E-state index < -0.39 is 5.60 Å². The molecule has 1 saturated heterocycles. The van der Waals surface area contributed by atoms with Gasteiger partial charge in [0.15, 0.2) is 0 Å². The molecule has 1 heterocycles. The molecule has 102 valence electrons. The fourth-order valence-electron chi connectivity index (χ4n) is 1.59. The van der Waals surface area contributed by atoms with Crippen molar-refractivity contribution in [2.24, 2.45) is 5.16 Å². The third-order valence-corrected chi connectivity index (χ3v) is 2.30. The van der Waals surface area contributed by atoms with Crippen LogP contribution in [-0.2, 0) is 9.57 Å². The minimum Gasteiger partial charge on any atom is -0.444 e. The molecule has 5 nitrogen and oxygen atoms in total. The number of likely N-dealkylation sites (tertiary alicyclic amines) is 1. The highest BCUT2D eigenvalue weighted by Crippen LogP contribution is 2.14. The zero-order valence-corrected chi connectivity index (χ0v) is 11.4. The number of hydrogen-bond acceptors (Lipinski definition) is 4. The van der Waals surface area contributed by atoms with E-state index in [2.05, 4.69) is 11.7 Å². The molecule has 1 amide bonds. The lowest BCUT2D eigenvalue weighted by Crippen LogP contribution is -2.43. The number of amides is 1. The van der Waals surface area contributed by atoms with E-state index in [9.17, 15) is 4.79 Å². The van der Waals surface area contributed by atoms with Gasteiger partial charge in [0.2, 0.25) is 0 Å². The van der Waals surface area contributed by atoms with Gasteiger partial charge in [-0.1, -0.05) is 17.8 Å². The van der Waals surface area contributed by atoms with E-state index in [0.717, 1.165) is 18.6 Å². The molecule has 1 fully saturated rings.